The molecule has 4 heteroatoms. The summed E-state index contributed by atoms with van der Waals surface area (Å²) >= 11 is 0. The maximum atomic E-state index is 9.97. The molecule has 5 aromatic carbocycles. The lowest BCUT2D eigenvalue weighted by Crippen LogP contribution is -2.16. The van der Waals surface area contributed by atoms with Gasteiger partial charge in [-0.3, -0.25) is 4.57 Å². The molecule has 7 rings (SSSR count). The van der Waals surface area contributed by atoms with E-state index < -0.39 is 6.85 Å². The van der Waals surface area contributed by atoms with Gasteiger partial charge in [0.1, 0.15) is 17.5 Å². The van der Waals surface area contributed by atoms with Gasteiger partial charge in [0.25, 0.3) is 0 Å². The number of para-hydroxylation sites is 1. The quantitative estimate of drug-likeness (QED) is 0.204. The number of fused-ring (bicyclic) bond motifs is 6. The normalized spacial score (nSPS) is 13.6. The van der Waals surface area contributed by atoms with Gasteiger partial charge in [0.2, 0.25) is 0 Å². The first-order valence-electron chi connectivity index (χ1n) is 17.2. The summed E-state index contributed by atoms with van der Waals surface area (Å²) in [5.74, 6) is 1.05. The molecule has 4 nitrogen and oxygen atoms in total. The Balaban J connectivity index is 1.72. The summed E-state index contributed by atoms with van der Waals surface area (Å²) in [7, 11) is 0. The molecule has 0 saturated carbocycles. The number of imidazole rings is 1. The first-order valence-corrected chi connectivity index (χ1v) is 15.7. The van der Waals surface area contributed by atoms with Crippen molar-refractivity contribution in [2.75, 3.05) is 0 Å². The standard InChI is InChI=1S/C41H39N3O/c1-23(2)32-20-28(41(6,7)8)21-33(24(3)4)36(32)44-37-29-14-10-9-12-26(29)17-19-34(37)43-40(44)31-18-16-25(5)35-30-15-11-13-27(22-42)38(30)45-39(31)35/h9-21,23-24H,1-8H3/i5D3. The summed E-state index contributed by atoms with van der Waals surface area (Å²) in [6, 6.07) is 28.2. The Morgan fingerprint density at radius 1 is 0.844 bits per heavy atom. The Labute approximate surface area is 269 Å². The van der Waals surface area contributed by atoms with Crippen molar-refractivity contribution in [2.24, 2.45) is 0 Å². The van der Waals surface area contributed by atoms with Crippen LogP contribution >= 0.6 is 0 Å². The summed E-state index contributed by atoms with van der Waals surface area (Å²) in [6.45, 7) is 13.3. The Morgan fingerprint density at radius 3 is 2.22 bits per heavy atom. The number of nitriles is 1. The Hall–Kier alpha value is -4.88. The largest absolute Gasteiger partial charge is 0.454 e. The van der Waals surface area contributed by atoms with E-state index in [2.05, 4.69) is 102 Å². The third-order valence-corrected chi connectivity index (χ3v) is 9.05. The number of rotatable bonds is 4. The summed E-state index contributed by atoms with van der Waals surface area (Å²) < 4.78 is 34.1. The van der Waals surface area contributed by atoms with E-state index in [4.69, 9.17) is 13.5 Å². The van der Waals surface area contributed by atoms with Gasteiger partial charge in [-0.05, 0) is 69.9 Å². The molecule has 2 aromatic heterocycles. The highest BCUT2D eigenvalue weighted by molar-refractivity contribution is 6.13. The lowest BCUT2D eigenvalue weighted by atomic mass is 9.81. The smallest absolute Gasteiger partial charge is 0.153 e. The molecule has 0 amide bonds. The number of aryl methyl sites for hydroxylation is 1. The van der Waals surface area contributed by atoms with Gasteiger partial charge in [-0.2, -0.15) is 5.26 Å². The number of hydrogen-bond donors (Lipinski definition) is 0. The number of benzene rings is 5. The molecule has 0 saturated heterocycles. The van der Waals surface area contributed by atoms with Gasteiger partial charge in [-0.25, -0.2) is 4.98 Å². The van der Waals surface area contributed by atoms with Gasteiger partial charge in [0.05, 0.1) is 27.8 Å². The average Bonchev–Trinajstić information content (AvgIpc) is 3.62. The molecule has 0 aliphatic carbocycles. The van der Waals surface area contributed by atoms with Gasteiger partial charge in [-0.1, -0.05) is 109 Å². The zero-order valence-corrected chi connectivity index (χ0v) is 26.9. The van der Waals surface area contributed by atoms with Crippen LogP contribution in [0.2, 0.25) is 0 Å². The van der Waals surface area contributed by atoms with Gasteiger partial charge >= 0.3 is 0 Å². The van der Waals surface area contributed by atoms with Crippen molar-refractivity contribution in [3.63, 3.8) is 0 Å². The molecule has 2 heterocycles. The second kappa shape index (κ2) is 10.3. The molecular formula is C41H39N3O. The minimum Gasteiger partial charge on any atom is -0.454 e. The Kier molecular flexibility index (Phi) is 5.85. The van der Waals surface area contributed by atoms with Crippen molar-refractivity contribution in [2.45, 2.75) is 72.6 Å². The van der Waals surface area contributed by atoms with Crippen molar-refractivity contribution in [1.29, 1.82) is 5.26 Å². The maximum absolute atomic E-state index is 9.97. The highest BCUT2D eigenvalue weighted by Crippen LogP contribution is 2.44. The van der Waals surface area contributed by atoms with Crippen LogP contribution < -0.4 is 0 Å². The molecule has 0 bridgehead atoms. The lowest BCUT2D eigenvalue weighted by Gasteiger charge is -2.28. The van der Waals surface area contributed by atoms with Crippen LogP contribution in [0.15, 0.2) is 83.3 Å². The number of nitrogens with zero attached hydrogens (tertiary/aromatic N) is 3. The highest BCUT2D eigenvalue weighted by atomic mass is 16.3. The van der Waals surface area contributed by atoms with Crippen LogP contribution in [0, 0.1) is 18.2 Å². The van der Waals surface area contributed by atoms with Gasteiger partial charge in [-0.15, -0.1) is 0 Å². The second-order valence-corrected chi connectivity index (χ2v) is 13.7. The molecule has 45 heavy (non-hydrogen) atoms. The van der Waals surface area contributed by atoms with E-state index in [-0.39, 0.29) is 22.8 Å². The molecule has 0 spiro atoms. The van der Waals surface area contributed by atoms with Gasteiger partial charge in [0.15, 0.2) is 5.58 Å². The van der Waals surface area contributed by atoms with E-state index in [1.165, 1.54) is 16.7 Å². The topological polar surface area (TPSA) is 54.8 Å². The van der Waals surface area contributed by atoms with Crippen LogP contribution in [0.5, 0.6) is 0 Å². The number of aromatic nitrogens is 2. The van der Waals surface area contributed by atoms with E-state index in [0.29, 0.717) is 38.9 Å². The van der Waals surface area contributed by atoms with Crippen LogP contribution in [-0.4, -0.2) is 9.55 Å². The first kappa shape index (κ1) is 25.4. The lowest BCUT2D eigenvalue weighted by molar-refractivity contribution is 0.586. The number of hydrogen-bond acceptors (Lipinski definition) is 3. The van der Waals surface area contributed by atoms with E-state index >= 15 is 0 Å². The Bertz CT molecular complexity index is 2420. The third kappa shape index (κ3) is 4.45. The molecule has 0 fully saturated rings. The summed E-state index contributed by atoms with van der Waals surface area (Å²) in [5, 5.41) is 13.2. The van der Waals surface area contributed by atoms with Crippen LogP contribution in [0.4, 0.5) is 0 Å². The van der Waals surface area contributed by atoms with E-state index in [1.54, 1.807) is 18.2 Å². The fourth-order valence-electron chi connectivity index (χ4n) is 6.65. The average molecular weight is 593 g/mol. The predicted molar refractivity (Wildman–Crippen MR) is 188 cm³/mol. The van der Waals surface area contributed by atoms with Gasteiger partial charge < -0.3 is 4.42 Å². The molecule has 0 N–H and O–H groups in total. The van der Waals surface area contributed by atoms with Crippen molar-refractivity contribution >= 4 is 43.7 Å². The van der Waals surface area contributed by atoms with E-state index in [1.807, 2.05) is 18.2 Å². The van der Waals surface area contributed by atoms with E-state index in [0.717, 1.165) is 27.5 Å². The Morgan fingerprint density at radius 2 is 1.56 bits per heavy atom. The van der Waals surface area contributed by atoms with Crippen molar-refractivity contribution in [3.8, 4) is 23.1 Å². The molecule has 0 radical (unpaired) electrons. The molecular weight excluding hydrogens is 550 g/mol. The zero-order chi connectivity index (χ0) is 34.3. The monoisotopic (exact) mass is 592 g/mol. The molecule has 224 valence electrons. The molecule has 0 unspecified atom stereocenters. The summed E-state index contributed by atoms with van der Waals surface area (Å²) in [4.78, 5) is 5.33. The van der Waals surface area contributed by atoms with Crippen molar-refractivity contribution in [3.05, 3.63) is 107 Å². The number of furan rings is 1. The predicted octanol–water partition coefficient (Wildman–Crippen LogP) is 11.5. The minimum atomic E-state index is -2.40. The minimum absolute atomic E-state index is 0.0532. The maximum Gasteiger partial charge on any atom is 0.153 e. The highest BCUT2D eigenvalue weighted by Gasteiger charge is 2.28. The van der Waals surface area contributed by atoms with Crippen LogP contribution in [0.1, 0.15) is 92.2 Å². The van der Waals surface area contributed by atoms with Crippen molar-refractivity contribution < 1.29 is 8.53 Å². The molecule has 0 aliphatic heterocycles. The summed E-state index contributed by atoms with van der Waals surface area (Å²) in [5.41, 5.74) is 8.54. The van der Waals surface area contributed by atoms with Crippen LogP contribution in [0.3, 0.4) is 0 Å². The second-order valence-electron chi connectivity index (χ2n) is 13.7. The van der Waals surface area contributed by atoms with Crippen LogP contribution in [0.25, 0.3) is 60.8 Å². The van der Waals surface area contributed by atoms with Crippen molar-refractivity contribution in [1.82, 2.24) is 9.55 Å². The van der Waals surface area contributed by atoms with E-state index in [9.17, 15) is 5.26 Å². The van der Waals surface area contributed by atoms with Crippen LogP contribution in [-0.2, 0) is 5.41 Å². The zero-order valence-electron chi connectivity index (χ0n) is 29.9. The van der Waals surface area contributed by atoms with Gasteiger partial charge in [0, 0.05) is 20.3 Å². The molecule has 0 aliphatic rings. The first-order chi connectivity index (χ1) is 22.7. The fourth-order valence-corrected chi connectivity index (χ4v) is 6.65. The third-order valence-electron chi connectivity index (χ3n) is 9.05. The molecule has 0 atom stereocenters. The summed E-state index contributed by atoms with van der Waals surface area (Å²) in [6.07, 6.45) is 0. The fraction of sp³-hybridized carbons (Fsp3) is 0.268. The molecule has 7 aromatic rings. The SMILES string of the molecule is [2H]C([2H])([2H])c1ccc(-c2nc3ccc4ccccc4c3n2-c2c(C(C)C)cc(C(C)(C)C)cc2C(C)C)c2oc3c(C#N)cccc3c12.